The molecule has 1 aliphatic rings. The van der Waals surface area contributed by atoms with Gasteiger partial charge in [-0.2, -0.15) is 5.53 Å². The summed E-state index contributed by atoms with van der Waals surface area (Å²) < 4.78 is 0. The summed E-state index contributed by atoms with van der Waals surface area (Å²) in [5.74, 6) is -0.928. The first kappa shape index (κ1) is 14.1. The second-order valence-electron chi connectivity index (χ2n) is 4.87. The zero-order valence-electron chi connectivity index (χ0n) is 11.2. The van der Waals surface area contributed by atoms with Crippen molar-refractivity contribution in [2.45, 2.75) is 25.8 Å². The van der Waals surface area contributed by atoms with Gasteiger partial charge in [0.25, 0.3) is 0 Å². The number of Topliss-reactive ketones (excluding diaryl/α,β-unsaturated/α-hetero) is 2. The molecule has 0 saturated heterocycles. The van der Waals surface area contributed by atoms with Crippen LogP contribution in [0, 0.1) is 11.4 Å². The maximum Gasteiger partial charge on any atom is 0.190 e. The van der Waals surface area contributed by atoms with Crippen LogP contribution in [0.3, 0.4) is 0 Å². The average Bonchev–Trinajstić information content (AvgIpc) is 2.90. The molecule has 0 aliphatic heterocycles. The first-order valence-electron chi connectivity index (χ1n) is 6.58. The second kappa shape index (κ2) is 6.23. The van der Waals surface area contributed by atoms with Crippen molar-refractivity contribution in [3.8, 4) is 0 Å². The Morgan fingerprint density at radius 3 is 2.65 bits per heavy atom. The van der Waals surface area contributed by atoms with Crippen LogP contribution in [0.15, 0.2) is 47.8 Å². The van der Waals surface area contributed by atoms with Crippen LogP contribution in [0.1, 0.15) is 24.8 Å². The minimum atomic E-state index is -0.595. The van der Waals surface area contributed by atoms with Crippen LogP contribution >= 0.6 is 0 Å². The molecule has 104 valence electrons. The van der Waals surface area contributed by atoms with Crippen molar-refractivity contribution in [1.82, 2.24) is 5.01 Å². The normalized spacial score (nSPS) is 17.8. The minimum Gasteiger partial charge on any atom is -0.299 e. The number of ketones is 2. The van der Waals surface area contributed by atoms with Gasteiger partial charge in [0.2, 0.25) is 0 Å². The van der Waals surface area contributed by atoms with Crippen LogP contribution in [-0.4, -0.2) is 16.6 Å². The highest BCUT2D eigenvalue weighted by Gasteiger charge is 2.33. The fourth-order valence-electron chi connectivity index (χ4n) is 2.37. The molecule has 0 bridgehead atoms. The highest BCUT2D eigenvalue weighted by atomic mass is 16.2. The van der Waals surface area contributed by atoms with Gasteiger partial charge in [0.05, 0.1) is 18.2 Å². The molecule has 0 radical (unpaired) electrons. The van der Waals surface area contributed by atoms with Gasteiger partial charge in [-0.05, 0) is 18.4 Å². The fraction of sp³-hybridized carbons (Fsp3) is 0.333. The maximum absolute atomic E-state index is 12.2. The Labute approximate surface area is 117 Å². The lowest BCUT2D eigenvalue weighted by atomic mass is 9.99. The van der Waals surface area contributed by atoms with Crippen molar-refractivity contribution >= 4 is 11.6 Å². The molecule has 1 N–H and O–H groups in total. The van der Waals surface area contributed by atoms with Crippen molar-refractivity contribution in [2.75, 3.05) is 0 Å². The van der Waals surface area contributed by atoms with Crippen LogP contribution in [0.2, 0.25) is 0 Å². The van der Waals surface area contributed by atoms with Crippen LogP contribution < -0.4 is 0 Å². The van der Waals surface area contributed by atoms with Crippen LogP contribution in [0.5, 0.6) is 0 Å². The molecular weight excluding hydrogens is 254 g/mol. The SMILES string of the molecule is C=C(C(=O)C1CCCC1=O)N(Cc1ccccc1)N=N. The molecule has 0 amide bonds. The van der Waals surface area contributed by atoms with Crippen LogP contribution in [0.25, 0.3) is 0 Å². The standard InChI is InChI=1S/C15H17N3O2/c1-11(15(20)13-8-5-9-14(13)19)18(17-16)10-12-6-3-2-4-7-12/h2-4,6-7,13,16H,1,5,8-10H2. The molecule has 1 fully saturated rings. The van der Waals surface area contributed by atoms with Crippen molar-refractivity contribution in [3.63, 3.8) is 0 Å². The van der Waals surface area contributed by atoms with Gasteiger partial charge in [0.15, 0.2) is 5.78 Å². The molecule has 1 unspecified atom stereocenters. The summed E-state index contributed by atoms with van der Waals surface area (Å²) >= 11 is 0. The number of nitrogens with zero attached hydrogens (tertiary/aromatic N) is 2. The molecular formula is C15H17N3O2. The molecule has 5 heteroatoms. The lowest BCUT2D eigenvalue weighted by molar-refractivity contribution is -0.129. The Bertz CT molecular complexity index is 539. The quantitative estimate of drug-likeness (QED) is 0.374. The molecule has 1 aromatic rings. The summed E-state index contributed by atoms with van der Waals surface area (Å²) in [5.41, 5.74) is 8.25. The van der Waals surface area contributed by atoms with E-state index < -0.39 is 5.92 Å². The minimum absolute atomic E-state index is 0.0270. The van der Waals surface area contributed by atoms with Crippen molar-refractivity contribution in [3.05, 3.63) is 48.2 Å². The Balaban J connectivity index is 2.07. The third-order valence-electron chi connectivity index (χ3n) is 3.51. The van der Waals surface area contributed by atoms with E-state index in [-0.39, 0.29) is 17.3 Å². The third-order valence-corrected chi connectivity index (χ3v) is 3.51. The number of hydrogen-bond donors (Lipinski definition) is 1. The fourth-order valence-corrected chi connectivity index (χ4v) is 2.37. The Hall–Kier alpha value is -2.30. The van der Waals surface area contributed by atoms with Gasteiger partial charge in [0.1, 0.15) is 5.78 Å². The highest BCUT2D eigenvalue weighted by Crippen LogP contribution is 2.26. The van der Waals surface area contributed by atoms with Crippen molar-refractivity contribution < 1.29 is 9.59 Å². The van der Waals surface area contributed by atoms with Crippen molar-refractivity contribution in [1.29, 1.82) is 5.53 Å². The van der Waals surface area contributed by atoms with E-state index in [1.807, 2.05) is 30.3 Å². The summed E-state index contributed by atoms with van der Waals surface area (Å²) in [7, 11) is 0. The molecule has 5 nitrogen and oxygen atoms in total. The number of carbonyl (C=O) groups is 2. The second-order valence-corrected chi connectivity index (χ2v) is 4.87. The molecule has 0 aromatic heterocycles. The van der Waals surface area contributed by atoms with Crippen LogP contribution in [0.4, 0.5) is 0 Å². The van der Waals surface area contributed by atoms with Crippen LogP contribution in [-0.2, 0) is 16.1 Å². The molecule has 20 heavy (non-hydrogen) atoms. The first-order valence-corrected chi connectivity index (χ1v) is 6.58. The van der Waals surface area contributed by atoms with E-state index in [9.17, 15) is 9.59 Å². The predicted octanol–water partition coefficient (Wildman–Crippen LogP) is 2.89. The van der Waals surface area contributed by atoms with E-state index in [0.717, 1.165) is 12.0 Å². The van der Waals surface area contributed by atoms with Gasteiger partial charge in [-0.3, -0.25) is 9.59 Å². The number of carbonyl (C=O) groups excluding carboxylic acids is 2. The number of rotatable bonds is 6. The van der Waals surface area contributed by atoms with E-state index in [1.54, 1.807) is 0 Å². The van der Waals surface area contributed by atoms with E-state index in [0.29, 0.717) is 19.4 Å². The predicted molar refractivity (Wildman–Crippen MR) is 73.6 cm³/mol. The number of benzene rings is 1. The lowest BCUT2D eigenvalue weighted by Crippen LogP contribution is -2.28. The van der Waals surface area contributed by atoms with Crippen molar-refractivity contribution in [2.24, 2.45) is 11.1 Å². The Morgan fingerprint density at radius 2 is 2.10 bits per heavy atom. The Kier molecular flexibility index (Phi) is 4.40. The van der Waals surface area contributed by atoms with Gasteiger partial charge < -0.3 is 0 Å². The van der Waals surface area contributed by atoms with Gasteiger partial charge in [-0.25, -0.2) is 5.01 Å². The zero-order chi connectivity index (χ0) is 14.5. The van der Waals surface area contributed by atoms with E-state index in [1.165, 1.54) is 5.01 Å². The maximum atomic E-state index is 12.2. The van der Waals surface area contributed by atoms with Gasteiger partial charge in [0, 0.05) is 6.42 Å². The highest BCUT2D eigenvalue weighted by molar-refractivity contribution is 6.10. The largest absolute Gasteiger partial charge is 0.299 e. The topological polar surface area (TPSA) is 73.6 Å². The van der Waals surface area contributed by atoms with Gasteiger partial charge >= 0.3 is 0 Å². The number of allylic oxidation sites excluding steroid dienone is 1. The van der Waals surface area contributed by atoms with E-state index >= 15 is 0 Å². The third kappa shape index (κ3) is 2.99. The molecule has 1 aromatic carbocycles. The molecule has 1 aliphatic carbocycles. The summed E-state index contributed by atoms with van der Waals surface area (Å²) in [5, 5.41) is 4.59. The number of hydrogen-bond acceptors (Lipinski definition) is 4. The molecule has 0 spiro atoms. The zero-order valence-corrected chi connectivity index (χ0v) is 11.2. The summed E-state index contributed by atoms with van der Waals surface area (Å²) in [6.07, 6.45) is 1.79. The summed E-state index contributed by atoms with van der Waals surface area (Å²) in [6.45, 7) is 4.01. The molecule has 2 rings (SSSR count). The molecule has 0 heterocycles. The lowest BCUT2D eigenvalue weighted by Gasteiger charge is -2.20. The van der Waals surface area contributed by atoms with Gasteiger partial charge in [-0.1, -0.05) is 42.1 Å². The monoisotopic (exact) mass is 271 g/mol. The molecule has 1 saturated carbocycles. The number of nitrogens with one attached hydrogen (secondary N) is 1. The van der Waals surface area contributed by atoms with Gasteiger partial charge in [-0.15, -0.1) is 0 Å². The molecule has 1 atom stereocenters. The summed E-state index contributed by atoms with van der Waals surface area (Å²) in [4.78, 5) is 23.9. The smallest absolute Gasteiger partial charge is 0.190 e. The van der Waals surface area contributed by atoms with E-state index in [4.69, 9.17) is 5.53 Å². The Morgan fingerprint density at radius 1 is 1.40 bits per heavy atom. The first-order chi connectivity index (χ1) is 9.63. The van der Waals surface area contributed by atoms with E-state index in [2.05, 4.69) is 11.8 Å². The summed E-state index contributed by atoms with van der Waals surface area (Å²) in [6, 6.07) is 9.42. The average molecular weight is 271 g/mol.